The summed E-state index contributed by atoms with van der Waals surface area (Å²) in [5.41, 5.74) is 1.03. The Balaban J connectivity index is 2.46. The fourth-order valence-corrected chi connectivity index (χ4v) is 5.29. The first-order valence-electron chi connectivity index (χ1n) is 12.9. The molecule has 0 fully saturated rings. The number of nitrogens with zero attached hydrogens (tertiary/aromatic N) is 1. The van der Waals surface area contributed by atoms with Gasteiger partial charge in [0, 0.05) is 12.0 Å². The van der Waals surface area contributed by atoms with Gasteiger partial charge in [0.1, 0.15) is 6.54 Å². The van der Waals surface area contributed by atoms with Gasteiger partial charge < -0.3 is 4.48 Å². The van der Waals surface area contributed by atoms with Crippen molar-refractivity contribution < 1.29 is 17.5 Å². The Morgan fingerprint density at radius 1 is 0.812 bits per heavy atom. The van der Waals surface area contributed by atoms with Crippen LogP contribution >= 0.6 is 0 Å². The van der Waals surface area contributed by atoms with E-state index in [2.05, 4.69) is 52.1 Å². The first-order chi connectivity index (χ1) is 15.1. The largest absolute Gasteiger partial charge is 0.318 e. The molecule has 0 saturated carbocycles. The zero-order valence-corrected chi connectivity index (χ0v) is 22.1. The van der Waals surface area contributed by atoms with E-state index in [9.17, 15) is 13.0 Å². The molecule has 0 aliphatic carbocycles. The van der Waals surface area contributed by atoms with Gasteiger partial charge in [-0.15, -0.1) is 0 Å². The van der Waals surface area contributed by atoms with Crippen molar-refractivity contribution in [2.75, 3.05) is 19.3 Å². The van der Waals surface area contributed by atoms with Crippen molar-refractivity contribution in [2.45, 2.75) is 116 Å². The van der Waals surface area contributed by atoms with Crippen molar-refractivity contribution in [3.05, 3.63) is 35.9 Å². The van der Waals surface area contributed by atoms with E-state index in [1.54, 1.807) is 0 Å². The highest BCUT2D eigenvalue weighted by atomic mass is 32.2. The predicted molar refractivity (Wildman–Crippen MR) is 137 cm³/mol. The fourth-order valence-electron chi connectivity index (χ4n) is 4.53. The van der Waals surface area contributed by atoms with Gasteiger partial charge >= 0.3 is 0 Å². The molecule has 1 aromatic rings. The van der Waals surface area contributed by atoms with Gasteiger partial charge in [0.15, 0.2) is 0 Å². The molecule has 32 heavy (non-hydrogen) atoms. The van der Waals surface area contributed by atoms with E-state index in [1.807, 2.05) is 6.07 Å². The number of unbranched alkanes of at least 4 members (excludes halogenated alkanes) is 11. The quantitative estimate of drug-likeness (QED) is 0.131. The molecule has 0 bridgehead atoms. The third kappa shape index (κ3) is 12.4. The van der Waals surface area contributed by atoms with Crippen LogP contribution in [0.2, 0.25) is 0 Å². The lowest BCUT2D eigenvalue weighted by atomic mass is 9.93. The summed E-state index contributed by atoms with van der Waals surface area (Å²) in [6.45, 7) is 8.44. The summed E-state index contributed by atoms with van der Waals surface area (Å²) >= 11 is 0. The number of hydrogen-bond acceptors (Lipinski definition) is 2. The first kappa shape index (κ1) is 29.1. The molecule has 5 heteroatoms. The molecule has 0 aliphatic rings. The summed E-state index contributed by atoms with van der Waals surface area (Å²) < 4.78 is 32.8. The van der Waals surface area contributed by atoms with Gasteiger partial charge in [0.25, 0.3) is 10.1 Å². The second-order valence-electron chi connectivity index (χ2n) is 10.5. The van der Waals surface area contributed by atoms with E-state index in [1.165, 1.54) is 76.2 Å². The van der Waals surface area contributed by atoms with Crippen LogP contribution in [0.5, 0.6) is 0 Å². The zero-order valence-electron chi connectivity index (χ0n) is 21.3. The topological polar surface area (TPSA) is 54.4 Å². The Bertz CT molecular complexity index is 703. The standard InChI is InChI=1S/C27H49NO3S/c1-5-6-7-8-9-10-11-12-13-14-15-19-23-28(4,25-26-20-17-16-18-21-26)27(2,3)22-24-32(29,30)31/h16-18,20-21H,5-15,19,22-25H2,1-4H3/p+1. The van der Waals surface area contributed by atoms with Crippen LogP contribution in [-0.4, -0.2) is 42.3 Å². The Morgan fingerprint density at radius 3 is 1.75 bits per heavy atom. The van der Waals surface area contributed by atoms with Gasteiger partial charge in [0.05, 0.1) is 24.9 Å². The van der Waals surface area contributed by atoms with Crippen LogP contribution in [0.15, 0.2) is 30.3 Å². The minimum Gasteiger partial charge on any atom is -0.318 e. The lowest BCUT2D eigenvalue weighted by Gasteiger charge is -2.48. The van der Waals surface area contributed by atoms with E-state index in [0.29, 0.717) is 6.42 Å². The molecule has 0 heterocycles. The van der Waals surface area contributed by atoms with Gasteiger partial charge in [-0.25, -0.2) is 0 Å². The maximum absolute atomic E-state index is 11.4. The Hall–Kier alpha value is -0.910. The van der Waals surface area contributed by atoms with Crippen molar-refractivity contribution in [1.29, 1.82) is 0 Å². The summed E-state index contributed by atoms with van der Waals surface area (Å²) in [7, 11) is -1.70. The SMILES string of the molecule is CCCCCCCCCCCCCC[N+](C)(Cc1ccccc1)C(C)(C)CCS(=O)(=O)O. The van der Waals surface area contributed by atoms with E-state index in [0.717, 1.165) is 24.0 Å². The molecule has 0 amide bonds. The van der Waals surface area contributed by atoms with Crippen LogP contribution in [0, 0.1) is 0 Å². The van der Waals surface area contributed by atoms with Crippen molar-refractivity contribution in [3.8, 4) is 0 Å². The van der Waals surface area contributed by atoms with E-state index < -0.39 is 10.1 Å². The molecule has 1 atom stereocenters. The van der Waals surface area contributed by atoms with Crippen LogP contribution < -0.4 is 0 Å². The third-order valence-corrected chi connectivity index (χ3v) is 8.03. The van der Waals surface area contributed by atoms with E-state index in [4.69, 9.17) is 0 Å². The number of rotatable bonds is 19. The molecule has 1 N–H and O–H groups in total. The highest BCUT2D eigenvalue weighted by Crippen LogP contribution is 2.31. The van der Waals surface area contributed by atoms with Crippen LogP contribution in [0.3, 0.4) is 0 Å². The molecule has 0 aliphatic heterocycles. The molecule has 0 saturated heterocycles. The Kier molecular flexibility index (Phi) is 13.7. The molecule has 0 radical (unpaired) electrons. The zero-order chi connectivity index (χ0) is 23.9. The number of benzene rings is 1. The van der Waals surface area contributed by atoms with Gasteiger partial charge in [-0.1, -0.05) is 101 Å². The monoisotopic (exact) mass is 468 g/mol. The van der Waals surface area contributed by atoms with E-state index in [-0.39, 0.29) is 11.3 Å². The normalized spacial score (nSPS) is 14.4. The number of quaternary nitrogens is 1. The van der Waals surface area contributed by atoms with Gasteiger partial charge in [0.2, 0.25) is 0 Å². The molecule has 1 aromatic carbocycles. The lowest BCUT2D eigenvalue weighted by Crippen LogP contribution is -2.59. The minimum atomic E-state index is -3.95. The number of hydrogen-bond donors (Lipinski definition) is 1. The van der Waals surface area contributed by atoms with Crippen LogP contribution in [-0.2, 0) is 16.7 Å². The molecule has 0 aromatic heterocycles. The average Bonchev–Trinajstić information content (AvgIpc) is 2.73. The minimum absolute atomic E-state index is 0.179. The van der Waals surface area contributed by atoms with Gasteiger partial charge in [-0.3, -0.25) is 4.55 Å². The first-order valence-corrected chi connectivity index (χ1v) is 14.5. The van der Waals surface area contributed by atoms with Crippen molar-refractivity contribution >= 4 is 10.1 Å². The maximum Gasteiger partial charge on any atom is 0.265 e. The molecule has 186 valence electrons. The Labute approximate surface area is 199 Å². The van der Waals surface area contributed by atoms with E-state index >= 15 is 0 Å². The highest BCUT2D eigenvalue weighted by Gasteiger charge is 2.40. The second-order valence-corrected chi connectivity index (χ2v) is 12.1. The van der Waals surface area contributed by atoms with Crippen molar-refractivity contribution in [1.82, 2.24) is 0 Å². The van der Waals surface area contributed by atoms with Crippen molar-refractivity contribution in [3.63, 3.8) is 0 Å². The van der Waals surface area contributed by atoms with Crippen molar-refractivity contribution in [2.24, 2.45) is 0 Å². The summed E-state index contributed by atoms with van der Waals surface area (Å²) in [6, 6.07) is 10.5. The molecule has 0 spiro atoms. The van der Waals surface area contributed by atoms with Crippen LogP contribution in [0.4, 0.5) is 0 Å². The molecule has 1 unspecified atom stereocenters. The molecule has 1 rings (SSSR count). The highest BCUT2D eigenvalue weighted by molar-refractivity contribution is 7.85. The predicted octanol–water partition coefficient (Wildman–Crippen LogP) is 7.39. The molecule has 4 nitrogen and oxygen atoms in total. The van der Waals surface area contributed by atoms with Crippen LogP contribution in [0.25, 0.3) is 0 Å². The summed E-state index contributed by atoms with van der Waals surface area (Å²) in [4.78, 5) is 0. The molecular weight excluding hydrogens is 418 g/mol. The average molecular weight is 469 g/mol. The fraction of sp³-hybridized carbons (Fsp3) is 0.778. The second kappa shape index (κ2) is 15.1. The van der Waals surface area contributed by atoms with Crippen LogP contribution in [0.1, 0.15) is 110 Å². The van der Waals surface area contributed by atoms with Gasteiger partial charge in [-0.05, 0) is 26.7 Å². The summed E-state index contributed by atoms with van der Waals surface area (Å²) in [5.74, 6) is -0.179. The lowest BCUT2D eigenvalue weighted by molar-refractivity contribution is -0.968. The Morgan fingerprint density at radius 2 is 1.28 bits per heavy atom. The summed E-state index contributed by atoms with van der Waals surface area (Å²) in [6.07, 6.45) is 16.4. The third-order valence-electron chi connectivity index (χ3n) is 7.31. The van der Waals surface area contributed by atoms with Gasteiger partial charge in [-0.2, -0.15) is 8.42 Å². The smallest absolute Gasteiger partial charge is 0.265 e. The summed E-state index contributed by atoms with van der Waals surface area (Å²) in [5, 5.41) is 0. The maximum atomic E-state index is 11.4. The molecular formula is C27H50NO3S+.